The Kier molecular flexibility index (Phi) is 5.16. The Morgan fingerprint density at radius 1 is 1.04 bits per heavy atom. The summed E-state index contributed by atoms with van der Waals surface area (Å²) in [4.78, 5) is 28.6. The van der Waals surface area contributed by atoms with Crippen LogP contribution in [0.25, 0.3) is 11.3 Å². The molecular weight excluding hydrogens is 361 g/mol. The summed E-state index contributed by atoms with van der Waals surface area (Å²) >= 11 is 11.7. The van der Waals surface area contributed by atoms with Crippen LogP contribution in [-0.2, 0) is 11.3 Å². The summed E-state index contributed by atoms with van der Waals surface area (Å²) in [5.74, 6) is -0.366. The molecule has 7 heteroatoms. The molecule has 0 radical (unpaired) electrons. The van der Waals surface area contributed by atoms with Gasteiger partial charge in [-0.3, -0.25) is 14.2 Å². The van der Waals surface area contributed by atoms with Crippen molar-refractivity contribution >= 4 is 34.8 Å². The predicted octanol–water partition coefficient (Wildman–Crippen LogP) is 3.86. The summed E-state index contributed by atoms with van der Waals surface area (Å²) in [6.07, 6.45) is 1.36. The summed E-state index contributed by atoms with van der Waals surface area (Å²) in [7, 11) is 0. The minimum absolute atomic E-state index is 0.152. The minimum atomic E-state index is -0.366. The summed E-state index contributed by atoms with van der Waals surface area (Å²) in [5, 5.41) is 3.40. The number of hydrogen-bond donors (Lipinski definition) is 1. The van der Waals surface area contributed by atoms with Gasteiger partial charge in [0.15, 0.2) is 0 Å². The standard InChI is InChI=1S/C18H13Cl2N3O2/c19-14-7-6-13(8-15(14)20)22-17(24)10-23-11-21-16(9-18(23)25)12-4-2-1-3-5-12/h1-9,11H,10H2,(H,22,24). The lowest BCUT2D eigenvalue weighted by molar-refractivity contribution is -0.116. The van der Waals surface area contributed by atoms with Crippen molar-refractivity contribution in [3.05, 3.63) is 81.3 Å². The Balaban J connectivity index is 1.73. The van der Waals surface area contributed by atoms with Gasteiger partial charge in [-0.1, -0.05) is 53.5 Å². The molecule has 126 valence electrons. The van der Waals surface area contributed by atoms with Crippen molar-refractivity contribution in [1.82, 2.24) is 9.55 Å². The van der Waals surface area contributed by atoms with Gasteiger partial charge in [-0.25, -0.2) is 4.98 Å². The summed E-state index contributed by atoms with van der Waals surface area (Å²) in [6.45, 7) is -0.152. The third-order valence-electron chi connectivity index (χ3n) is 3.47. The first-order valence-electron chi connectivity index (χ1n) is 7.40. The van der Waals surface area contributed by atoms with Crippen molar-refractivity contribution < 1.29 is 4.79 Å². The number of nitrogens with one attached hydrogen (secondary N) is 1. The number of hydrogen-bond acceptors (Lipinski definition) is 3. The Morgan fingerprint density at radius 3 is 2.48 bits per heavy atom. The molecule has 0 aliphatic carbocycles. The Labute approximate surface area is 153 Å². The van der Waals surface area contributed by atoms with Crippen molar-refractivity contribution in [3.8, 4) is 11.3 Å². The number of nitrogens with zero attached hydrogens (tertiary/aromatic N) is 2. The molecule has 0 fully saturated rings. The van der Waals surface area contributed by atoms with Gasteiger partial charge >= 0.3 is 0 Å². The van der Waals surface area contributed by atoms with E-state index in [0.29, 0.717) is 21.4 Å². The number of anilines is 1. The molecule has 1 N–H and O–H groups in total. The fourth-order valence-corrected chi connectivity index (χ4v) is 2.54. The third kappa shape index (κ3) is 4.26. The van der Waals surface area contributed by atoms with Crippen LogP contribution < -0.4 is 10.9 Å². The van der Waals surface area contributed by atoms with Crippen molar-refractivity contribution in [2.75, 3.05) is 5.32 Å². The molecule has 1 amide bonds. The van der Waals surface area contributed by atoms with E-state index in [2.05, 4.69) is 10.3 Å². The molecule has 5 nitrogen and oxygen atoms in total. The van der Waals surface area contributed by atoms with E-state index in [1.165, 1.54) is 17.0 Å². The topological polar surface area (TPSA) is 64.0 Å². The zero-order valence-electron chi connectivity index (χ0n) is 12.9. The second-order valence-electron chi connectivity index (χ2n) is 5.28. The zero-order chi connectivity index (χ0) is 17.8. The molecule has 25 heavy (non-hydrogen) atoms. The van der Waals surface area contributed by atoms with Crippen molar-refractivity contribution in [3.63, 3.8) is 0 Å². The predicted molar refractivity (Wildman–Crippen MR) is 99.0 cm³/mol. The fraction of sp³-hybridized carbons (Fsp3) is 0.0556. The van der Waals surface area contributed by atoms with Crippen LogP contribution in [-0.4, -0.2) is 15.5 Å². The molecule has 0 atom stereocenters. The van der Waals surface area contributed by atoms with Gasteiger partial charge in [-0.05, 0) is 18.2 Å². The highest BCUT2D eigenvalue weighted by Gasteiger charge is 2.08. The molecule has 1 heterocycles. The van der Waals surface area contributed by atoms with E-state index >= 15 is 0 Å². The molecule has 0 saturated heterocycles. The maximum absolute atomic E-state index is 12.2. The average molecular weight is 374 g/mol. The highest BCUT2D eigenvalue weighted by molar-refractivity contribution is 6.42. The maximum atomic E-state index is 12.2. The monoisotopic (exact) mass is 373 g/mol. The fourth-order valence-electron chi connectivity index (χ4n) is 2.24. The molecule has 3 aromatic rings. The van der Waals surface area contributed by atoms with E-state index in [9.17, 15) is 9.59 Å². The summed E-state index contributed by atoms with van der Waals surface area (Å²) < 4.78 is 1.24. The first-order valence-corrected chi connectivity index (χ1v) is 8.15. The molecule has 2 aromatic carbocycles. The number of aromatic nitrogens is 2. The molecule has 3 rings (SSSR count). The van der Waals surface area contributed by atoms with Crippen LogP contribution in [0.2, 0.25) is 10.0 Å². The van der Waals surface area contributed by atoms with E-state index in [1.54, 1.807) is 18.2 Å². The number of rotatable bonds is 4. The van der Waals surface area contributed by atoms with Crippen LogP contribution in [0.1, 0.15) is 0 Å². The number of benzene rings is 2. The highest BCUT2D eigenvalue weighted by atomic mass is 35.5. The molecular formula is C18H13Cl2N3O2. The van der Waals surface area contributed by atoms with Gasteiger partial charge in [0.05, 0.1) is 22.1 Å². The van der Waals surface area contributed by atoms with Gasteiger partial charge in [0.25, 0.3) is 5.56 Å². The Bertz CT molecular complexity index is 972. The van der Waals surface area contributed by atoms with Crippen molar-refractivity contribution in [2.24, 2.45) is 0 Å². The molecule has 0 aliphatic rings. The van der Waals surface area contributed by atoms with E-state index in [0.717, 1.165) is 5.56 Å². The average Bonchev–Trinajstić information content (AvgIpc) is 2.61. The lowest BCUT2D eigenvalue weighted by atomic mass is 10.1. The van der Waals surface area contributed by atoms with E-state index in [-0.39, 0.29) is 18.0 Å². The van der Waals surface area contributed by atoms with Crippen LogP contribution in [0.15, 0.2) is 65.7 Å². The maximum Gasteiger partial charge on any atom is 0.254 e. The molecule has 0 spiro atoms. The quantitative estimate of drug-likeness (QED) is 0.755. The first-order chi connectivity index (χ1) is 12.0. The smallest absolute Gasteiger partial charge is 0.254 e. The van der Waals surface area contributed by atoms with Crippen LogP contribution in [0.4, 0.5) is 5.69 Å². The van der Waals surface area contributed by atoms with Crippen LogP contribution >= 0.6 is 23.2 Å². The second kappa shape index (κ2) is 7.51. The lowest BCUT2D eigenvalue weighted by Crippen LogP contribution is -2.27. The largest absolute Gasteiger partial charge is 0.324 e. The Hall–Kier alpha value is -2.63. The summed E-state index contributed by atoms with van der Waals surface area (Å²) in [6, 6.07) is 15.5. The van der Waals surface area contributed by atoms with Crippen LogP contribution in [0, 0.1) is 0 Å². The van der Waals surface area contributed by atoms with Crippen LogP contribution in [0.3, 0.4) is 0 Å². The summed E-state index contributed by atoms with van der Waals surface area (Å²) in [5.41, 5.74) is 1.60. The molecule has 0 saturated carbocycles. The van der Waals surface area contributed by atoms with E-state index in [4.69, 9.17) is 23.2 Å². The first kappa shape index (κ1) is 17.2. The van der Waals surface area contributed by atoms with Crippen LogP contribution in [0.5, 0.6) is 0 Å². The Morgan fingerprint density at radius 2 is 1.80 bits per heavy atom. The highest BCUT2D eigenvalue weighted by Crippen LogP contribution is 2.24. The van der Waals surface area contributed by atoms with E-state index < -0.39 is 0 Å². The third-order valence-corrected chi connectivity index (χ3v) is 4.21. The van der Waals surface area contributed by atoms with E-state index in [1.807, 2.05) is 30.3 Å². The van der Waals surface area contributed by atoms with Crippen molar-refractivity contribution in [1.29, 1.82) is 0 Å². The van der Waals surface area contributed by atoms with Gasteiger partial charge in [0.2, 0.25) is 5.91 Å². The van der Waals surface area contributed by atoms with Crippen molar-refractivity contribution in [2.45, 2.75) is 6.54 Å². The SMILES string of the molecule is O=C(Cn1cnc(-c2ccccc2)cc1=O)Nc1ccc(Cl)c(Cl)c1. The zero-order valence-corrected chi connectivity index (χ0v) is 14.5. The van der Waals surface area contributed by atoms with Gasteiger partial charge in [-0.15, -0.1) is 0 Å². The van der Waals surface area contributed by atoms with Gasteiger partial charge in [0.1, 0.15) is 6.54 Å². The van der Waals surface area contributed by atoms with Gasteiger partial charge in [-0.2, -0.15) is 0 Å². The molecule has 0 aliphatic heterocycles. The lowest BCUT2D eigenvalue weighted by Gasteiger charge is -2.08. The van der Waals surface area contributed by atoms with Gasteiger partial charge < -0.3 is 5.32 Å². The number of carbonyl (C=O) groups excluding carboxylic acids is 1. The number of carbonyl (C=O) groups is 1. The molecule has 0 unspecified atom stereocenters. The number of halogens is 2. The van der Waals surface area contributed by atoms with Gasteiger partial charge in [0, 0.05) is 17.3 Å². The second-order valence-corrected chi connectivity index (χ2v) is 6.10. The number of amides is 1. The molecule has 0 bridgehead atoms. The molecule has 1 aromatic heterocycles. The minimum Gasteiger partial charge on any atom is -0.324 e. The normalized spacial score (nSPS) is 10.5.